The van der Waals surface area contributed by atoms with Gasteiger partial charge in [0, 0.05) is 6.61 Å². The molecule has 0 aliphatic heterocycles. The van der Waals surface area contributed by atoms with Crippen LogP contribution in [0.5, 0.6) is 0 Å². The molecule has 0 bridgehead atoms. The zero-order valence-electron chi connectivity index (χ0n) is 9.32. The van der Waals surface area contributed by atoms with Crippen LogP contribution in [0.1, 0.15) is 33.6 Å². The molecular formula is C9H20O4S. The van der Waals surface area contributed by atoms with E-state index in [2.05, 4.69) is 6.92 Å². The first-order valence-electron chi connectivity index (χ1n) is 4.86. The summed E-state index contributed by atoms with van der Waals surface area (Å²) in [6.45, 7) is 6.22. The zero-order valence-corrected chi connectivity index (χ0v) is 10.1. The average molecular weight is 224 g/mol. The SMILES string of the molecule is CCCCO[C@H](C)[C@@H](C)OS(C)(=O)=O. The summed E-state index contributed by atoms with van der Waals surface area (Å²) in [5.41, 5.74) is 0. The second-order valence-electron chi connectivity index (χ2n) is 3.43. The number of unbranched alkanes of at least 4 members (excludes halogenated alkanes) is 1. The van der Waals surface area contributed by atoms with Crippen LogP contribution >= 0.6 is 0 Å². The molecule has 0 fully saturated rings. The highest BCUT2D eigenvalue weighted by Crippen LogP contribution is 2.06. The quantitative estimate of drug-likeness (QED) is 0.486. The Labute approximate surface area is 86.7 Å². The number of rotatable bonds is 7. The topological polar surface area (TPSA) is 52.6 Å². The first kappa shape index (κ1) is 13.9. The fourth-order valence-corrected chi connectivity index (χ4v) is 1.61. The number of hydrogen-bond donors (Lipinski definition) is 0. The Kier molecular flexibility index (Phi) is 6.31. The van der Waals surface area contributed by atoms with E-state index in [-0.39, 0.29) is 6.10 Å². The van der Waals surface area contributed by atoms with Crippen molar-refractivity contribution in [3.8, 4) is 0 Å². The van der Waals surface area contributed by atoms with Gasteiger partial charge in [0.1, 0.15) is 6.10 Å². The van der Waals surface area contributed by atoms with Gasteiger partial charge in [-0.05, 0) is 20.3 Å². The highest BCUT2D eigenvalue weighted by molar-refractivity contribution is 7.86. The molecule has 0 rings (SSSR count). The Morgan fingerprint density at radius 2 is 1.79 bits per heavy atom. The summed E-state index contributed by atoms with van der Waals surface area (Å²) in [4.78, 5) is 0. The second kappa shape index (κ2) is 6.37. The van der Waals surface area contributed by atoms with Crippen molar-refractivity contribution in [2.24, 2.45) is 0 Å². The Morgan fingerprint density at radius 1 is 1.21 bits per heavy atom. The largest absolute Gasteiger partial charge is 0.376 e. The summed E-state index contributed by atoms with van der Waals surface area (Å²) in [5.74, 6) is 0. The third-order valence-corrected chi connectivity index (χ3v) is 2.52. The van der Waals surface area contributed by atoms with Gasteiger partial charge < -0.3 is 4.74 Å². The molecule has 0 aromatic carbocycles. The van der Waals surface area contributed by atoms with Crippen molar-refractivity contribution in [1.29, 1.82) is 0 Å². The molecule has 0 unspecified atom stereocenters. The van der Waals surface area contributed by atoms with Crippen LogP contribution in [0.25, 0.3) is 0 Å². The van der Waals surface area contributed by atoms with E-state index in [1.54, 1.807) is 6.92 Å². The molecule has 0 heterocycles. The summed E-state index contributed by atoms with van der Waals surface area (Å²) in [7, 11) is -3.38. The van der Waals surface area contributed by atoms with Crippen LogP contribution in [-0.4, -0.2) is 33.5 Å². The van der Waals surface area contributed by atoms with Crippen molar-refractivity contribution < 1.29 is 17.3 Å². The van der Waals surface area contributed by atoms with Crippen LogP contribution in [0.15, 0.2) is 0 Å². The maximum absolute atomic E-state index is 10.8. The minimum absolute atomic E-state index is 0.198. The summed E-state index contributed by atoms with van der Waals surface area (Å²) in [6.07, 6.45) is 2.46. The van der Waals surface area contributed by atoms with Gasteiger partial charge in [0.15, 0.2) is 0 Å². The molecule has 0 amide bonds. The first-order valence-corrected chi connectivity index (χ1v) is 6.68. The van der Waals surface area contributed by atoms with E-state index in [9.17, 15) is 8.42 Å². The molecular weight excluding hydrogens is 204 g/mol. The fourth-order valence-electron chi connectivity index (χ4n) is 0.903. The first-order chi connectivity index (χ1) is 6.37. The molecule has 0 saturated heterocycles. The highest BCUT2D eigenvalue weighted by Gasteiger charge is 2.17. The van der Waals surface area contributed by atoms with E-state index < -0.39 is 16.2 Å². The Morgan fingerprint density at radius 3 is 2.21 bits per heavy atom. The molecule has 0 radical (unpaired) electrons. The Balaban J connectivity index is 3.82. The predicted molar refractivity (Wildman–Crippen MR) is 55.7 cm³/mol. The second-order valence-corrected chi connectivity index (χ2v) is 5.04. The van der Waals surface area contributed by atoms with Crippen molar-refractivity contribution in [3.63, 3.8) is 0 Å². The molecule has 0 aliphatic rings. The van der Waals surface area contributed by atoms with Gasteiger partial charge in [-0.2, -0.15) is 8.42 Å². The molecule has 0 aliphatic carbocycles. The summed E-state index contributed by atoms with van der Waals surface area (Å²) in [5, 5.41) is 0. The molecule has 4 nitrogen and oxygen atoms in total. The molecule has 0 N–H and O–H groups in total. The van der Waals surface area contributed by atoms with Crippen LogP contribution in [0.3, 0.4) is 0 Å². The van der Waals surface area contributed by atoms with Crippen LogP contribution in [-0.2, 0) is 19.0 Å². The maximum Gasteiger partial charge on any atom is 0.264 e. The Bertz CT molecular complexity index is 235. The number of hydrogen-bond acceptors (Lipinski definition) is 4. The van der Waals surface area contributed by atoms with E-state index in [4.69, 9.17) is 8.92 Å². The monoisotopic (exact) mass is 224 g/mol. The van der Waals surface area contributed by atoms with Gasteiger partial charge in [0.25, 0.3) is 10.1 Å². The molecule has 0 aromatic rings. The van der Waals surface area contributed by atoms with Gasteiger partial charge in [-0.1, -0.05) is 13.3 Å². The van der Waals surface area contributed by atoms with E-state index in [1.165, 1.54) is 0 Å². The van der Waals surface area contributed by atoms with Gasteiger partial charge in [-0.3, -0.25) is 4.18 Å². The third-order valence-electron chi connectivity index (χ3n) is 1.87. The lowest BCUT2D eigenvalue weighted by atomic mass is 10.2. The lowest BCUT2D eigenvalue weighted by molar-refractivity contribution is -0.00546. The summed E-state index contributed by atoms with van der Waals surface area (Å²) in [6, 6.07) is 0. The minimum Gasteiger partial charge on any atom is -0.376 e. The average Bonchev–Trinajstić information content (AvgIpc) is 2.01. The fraction of sp³-hybridized carbons (Fsp3) is 1.00. The van der Waals surface area contributed by atoms with Crippen LogP contribution in [0, 0.1) is 0 Å². The standard InChI is InChI=1S/C9H20O4S/c1-5-6-7-12-8(2)9(3)13-14(4,10)11/h8-9H,5-7H2,1-4H3/t8-,9-/m1/s1. The van der Waals surface area contributed by atoms with Crippen molar-refractivity contribution in [1.82, 2.24) is 0 Å². The third kappa shape index (κ3) is 7.29. The molecule has 14 heavy (non-hydrogen) atoms. The lowest BCUT2D eigenvalue weighted by Crippen LogP contribution is -2.28. The van der Waals surface area contributed by atoms with Crippen molar-refractivity contribution in [3.05, 3.63) is 0 Å². The van der Waals surface area contributed by atoms with Gasteiger partial charge >= 0.3 is 0 Å². The van der Waals surface area contributed by atoms with Crippen molar-refractivity contribution in [2.45, 2.75) is 45.8 Å². The Hall–Kier alpha value is -0.130. The van der Waals surface area contributed by atoms with E-state index in [1.807, 2.05) is 6.92 Å². The molecule has 86 valence electrons. The summed E-state index contributed by atoms with van der Waals surface area (Å²) >= 11 is 0. The normalized spacial score (nSPS) is 16.6. The minimum atomic E-state index is -3.38. The van der Waals surface area contributed by atoms with Crippen molar-refractivity contribution in [2.75, 3.05) is 12.9 Å². The lowest BCUT2D eigenvalue weighted by Gasteiger charge is -2.19. The van der Waals surface area contributed by atoms with E-state index in [0.29, 0.717) is 6.61 Å². The molecule has 0 saturated carbocycles. The molecule has 0 spiro atoms. The van der Waals surface area contributed by atoms with Gasteiger partial charge in [0.2, 0.25) is 0 Å². The van der Waals surface area contributed by atoms with Crippen molar-refractivity contribution >= 4 is 10.1 Å². The molecule has 5 heteroatoms. The highest BCUT2D eigenvalue weighted by atomic mass is 32.2. The molecule has 2 atom stereocenters. The van der Waals surface area contributed by atoms with Gasteiger partial charge in [-0.15, -0.1) is 0 Å². The van der Waals surface area contributed by atoms with Crippen LogP contribution in [0.4, 0.5) is 0 Å². The van der Waals surface area contributed by atoms with Gasteiger partial charge in [0.05, 0.1) is 12.4 Å². The predicted octanol–water partition coefficient (Wildman–Crippen LogP) is 1.56. The molecule has 0 aromatic heterocycles. The van der Waals surface area contributed by atoms with Crippen LogP contribution in [0.2, 0.25) is 0 Å². The van der Waals surface area contributed by atoms with Crippen LogP contribution < -0.4 is 0 Å². The van der Waals surface area contributed by atoms with Gasteiger partial charge in [-0.25, -0.2) is 0 Å². The summed E-state index contributed by atoms with van der Waals surface area (Å²) < 4.78 is 31.8. The number of ether oxygens (including phenoxy) is 1. The smallest absolute Gasteiger partial charge is 0.264 e. The van der Waals surface area contributed by atoms with E-state index >= 15 is 0 Å². The maximum atomic E-state index is 10.8. The van der Waals surface area contributed by atoms with E-state index in [0.717, 1.165) is 19.1 Å². The zero-order chi connectivity index (χ0) is 11.2.